The first kappa shape index (κ1) is 10.8. The molecule has 0 saturated heterocycles. The highest BCUT2D eigenvalue weighted by atomic mass is 28.3. The lowest BCUT2D eigenvalue weighted by atomic mass is 10.4. The SMILES string of the molecule is CCCCO/C=C/[Si](C)(C)C. The fourth-order valence-electron chi connectivity index (χ4n) is 0.548. The van der Waals surface area contributed by atoms with Crippen molar-refractivity contribution in [3.63, 3.8) is 0 Å². The minimum Gasteiger partial charge on any atom is -0.502 e. The molecule has 0 radical (unpaired) electrons. The van der Waals surface area contributed by atoms with E-state index in [1.165, 1.54) is 6.42 Å². The molecule has 0 aromatic carbocycles. The summed E-state index contributed by atoms with van der Waals surface area (Å²) >= 11 is 0. The zero-order valence-electron chi connectivity index (χ0n) is 8.18. The Morgan fingerprint density at radius 1 is 1.27 bits per heavy atom. The van der Waals surface area contributed by atoms with Crippen LogP contribution in [0.3, 0.4) is 0 Å². The maximum atomic E-state index is 5.30. The summed E-state index contributed by atoms with van der Waals surface area (Å²) in [6, 6.07) is 0. The zero-order valence-corrected chi connectivity index (χ0v) is 9.18. The highest BCUT2D eigenvalue weighted by Gasteiger charge is 2.06. The summed E-state index contributed by atoms with van der Waals surface area (Å²) < 4.78 is 5.30. The van der Waals surface area contributed by atoms with Gasteiger partial charge < -0.3 is 4.74 Å². The first-order chi connectivity index (χ1) is 5.06. The number of hydrogen-bond acceptors (Lipinski definition) is 1. The Labute approximate surface area is 71.5 Å². The van der Waals surface area contributed by atoms with E-state index in [-0.39, 0.29) is 0 Å². The van der Waals surface area contributed by atoms with E-state index >= 15 is 0 Å². The minimum absolute atomic E-state index is 0.873. The van der Waals surface area contributed by atoms with Gasteiger partial charge in [-0.05, 0) is 6.42 Å². The van der Waals surface area contributed by atoms with Crippen LogP contribution in [0.4, 0.5) is 0 Å². The molecule has 0 unspecified atom stereocenters. The van der Waals surface area contributed by atoms with Crippen molar-refractivity contribution in [2.75, 3.05) is 6.61 Å². The van der Waals surface area contributed by atoms with Gasteiger partial charge in [-0.15, -0.1) is 0 Å². The second kappa shape index (κ2) is 5.41. The van der Waals surface area contributed by atoms with Gasteiger partial charge in [-0.25, -0.2) is 0 Å². The Kier molecular flexibility index (Phi) is 5.29. The lowest BCUT2D eigenvalue weighted by Gasteiger charge is -2.07. The molecule has 0 atom stereocenters. The topological polar surface area (TPSA) is 9.23 Å². The molecular weight excluding hydrogens is 152 g/mol. The molecule has 66 valence electrons. The molecule has 0 N–H and O–H groups in total. The van der Waals surface area contributed by atoms with Crippen molar-refractivity contribution in [3.8, 4) is 0 Å². The average Bonchev–Trinajstić information content (AvgIpc) is 1.85. The monoisotopic (exact) mass is 172 g/mol. The summed E-state index contributed by atoms with van der Waals surface area (Å²) in [6.45, 7) is 9.94. The van der Waals surface area contributed by atoms with Crippen LogP contribution >= 0.6 is 0 Å². The van der Waals surface area contributed by atoms with Crippen LogP contribution in [0, 0.1) is 0 Å². The van der Waals surface area contributed by atoms with Gasteiger partial charge in [-0.1, -0.05) is 38.7 Å². The summed E-state index contributed by atoms with van der Waals surface area (Å²) in [5.41, 5.74) is 2.22. The van der Waals surface area contributed by atoms with E-state index in [1.54, 1.807) is 0 Å². The highest BCUT2D eigenvalue weighted by molar-refractivity contribution is 6.80. The molecule has 11 heavy (non-hydrogen) atoms. The van der Waals surface area contributed by atoms with Gasteiger partial charge in [0.05, 0.1) is 20.9 Å². The molecule has 0 aliphatic carbocycles. The average molecular weight is 172 g/mol. The van der Waals surface area contributed by atoms with Gasteiger partial charge in [0.1, 0.15) is 0 Å². The Morgan fingerprint density at radius 3 is 2.36 bits per heavy atom. The molecule has 0 aromatic rings. The van der Waals surface area contributed by atoms with Crippen molar-refractivity contribution in [2.24, 2.45) is 0 Å². The molecule has 0 heterocycles. The van der Waals surface area contributed by atoms with Crippen molar-refractivity contribution in [1.29, 1.82) is 0 Å². The third kappa shape index (κ3) is 9.76. The van der Waals surface area contributed by atoms with Gasteiger partial charge in [0.15, 0.2) is 0 Å². The molecule has 2 heteroatoms. The first-order valence-electron chi connectivity index (χ1n) is 4.35. The number of hydrogen-bond donors (Lipinski definition) is 0. The zero-order chi connectivity index (χ0) is 8.74. The smallest absolute Gasteiger partial charge is 0.0872 e. The molecule has 0 aliphatic rings. The molecule has 0 saturated carbocycles. The normalized spacial score (nSPS) is 12.4. The Balaban J connectivity index is 3.30. The summed E-state index contributed by atoms with van der Waals surface area (Å²) in [4.78, 5) is 0. The fraction of sp³-hybridized carbons (Fsp3) is 0.778. The third-order valence-corrected chi connectivity index (χ3v) is 2.42. The number of ether oxygens (including phenoxy) is 1. The van der Waals surface area contributed by atoms with Crippen molar-refractivity contribution in [3.05, 3.63) is 12.0 Å². The van der Waals surface area contributed by atoms with E-state index in [9.17, 15) is 0 Å². The highest BCUT2D eigenvalue weighted by Crippen LogP contribution is 2.01. The molecule has 0 aliphatic heterocycles. The van der Waals surface area contributed by atoms with Crippen LogP contribution in [0.5, 0.6) is 0 Å². The maximum Gasteiger partial charge on any atom is 0.0872 e. The lowest BCUT2D eigenvalue weighted by molar-refractivity contribution is 0.244. The van der Waals surface area contributed by atoms with Gasteiger partial charge in [0, 0.05) is 0 Å². The molecule has 0 bridgehead atoms. The molecule has 0 fully saturated rings. The van der Waals surface area contributed by atoms with Crippen LogP contribution in [-0.4, -0.2) is 14.7 Å². The van der Waals surface area contributed by atoms with Gasteiger partial charge in [0.2, 0.25) is 0 Å². The van der Waals surface area contributed by atoms with Crippen LogP contribution < -0.4 is 0 Å². The fourth-order valence-corrected chi connectivity index (χ4v) is 1.05. The van der Waals surface area contributed by atoms with Crippen LogP contribution in [0.25, 0.3) is 0 Å². The van der Waals surface area contributed by atoms with E-state index in [0.717, 1.165) is 13.0 Å². The second-order valence-corrected chi connectivity index (χ2v) is 8.96. The number of rotatable bonds is 5. The van der Waals surface area contributed by atoms with Gasteiger partial charge in [-0.3, -0.25) is 0 Å². The van der Waals surface area contributed by atoms with Crippen molar-refractivity contribution in [1.82, 2.24) is 0 Å². The Morgan fingerprint density at radius 2 is 1.91 bits per heavy atom. The Hall–Kier alpha value is -0.243. The first-order valence-corrected chi connectivity index (χ1v) is 7.93. The molecule has 0 amide bonds. The Bertz CT molecular complexity index is 113. The molecule has 0 rings (SSSR count). The molecular formula is C9H20OSi. The predicted molar refractivity (Wildman–Crippen MR) is 53.3 cm³/mol. The molecule has 1 nitrogen and oxygen atoms in total. The summed E-state index contributed by atoms with van der Waals surface area (Å²) in [6.07, 6.45) is 4.25. The van der Waals surface area contributed by atoms with E-state index < -0.39 is 8.07 Å². The van der Waals surface area contributed by atoms with Gasteiger partial charge in [-0.2, -0.15) is 0 Å². The molecule has 0 aromatic heterocycles. The van der Waals surface area contributed by atoms with Crippen LogP contribution in [-0.2, 0) is 4.74 Å². The van der Waals surface area contributed by atoms with Crippen molar-refractivity contribution < 1.29 is 4.74 Å². The van der Waals surface area contributed by atoms with E-state index in [4.69, 9.17) is 4.74 Å². The van der Waals surface area contributed by atoms with E-state index in [1.807, 2.05) is 6.26 Å². The molecule has 0 spiro atoms. The van der Waals surface area contributed by atoms with E-state index in [0.29, 0.717) is 0 Å². The predicted octanol–water partition coefficient (Wildman–Crippen LogP) is 3.19. The summed E-state index contributed by atoms with van der Waals surface area (Å²) in [7, 11) is -1.02. The standard InChI is InChI=1S/C9H20OSi/c1-5-6-7-10-8-9-11(2,3)4/h8-9H,5-7H2,1-4H3/b9-8+. The summed E-state index contributed by atoms with van der Waals surface area (Å²) in [5, 5.41) is 0. The van der Waals surface area contributed by atoms with Crippen molar-refractivity contribution >= 4 is 8.07 Å². The quantitative estimate of drug-likeness (QED) is 0.351. The largest absolute Gasteiger partial charge is 0.502 e. The van der Waals surface area contributed by atoms with Crippen LogP contribution in [0.15, 0.2) is 12.0 Å². The second-order valence-electron chi connectivity index (χ2n) is 3.89. The maximum absolute atomic E-state index is 5.30. The van der Waals surface area contributed by atoms with Crippen molar-refractivity contribution in [2.45, 2.75) is 39.4 Å². The number of unbranched alkanes of at least 4 members (excludes halogenated alkanes) is 1. The third-order valence-electron chi connectivity index (χ3n) is 1.28. The minimum atomic E-state index is -1.02. The van der Waals surface area contributed by atoms with Crippen LogP contribution in [0.2, 0.25) is 19.6 Å². The van der Waals surface area contributed by atoms with Gasteiger partial charge in [0.25, 0.3) is 0 Å². The van der Waals surface area contributed by atoms with E-state index in [2.05, 4.69) is 32.3 Å². The van der Waals surface area contributed by atoms with Gasteiger partial charge >= 0.3 is 0 Å². The summed E-state index contributed by atoms with van der Waals surface area (Å²) in [5.74, 6) is 0. The van der Waals surface area contributed by atoms with Crippen LogP contribution in [0.1, 0.15) is 19.8 Å². The lowest BCUT2D eigenvalue weighted by Crippen LogP contribution is -2.15.